The Morgan fingerprint density at radius 2 is 2.30 bits per heavy atom. The molecule has 0 spiro atoms. The average molecular weight is 191 g/mol. The lowest BCUT2D eigenvalue weighted by Crippen LogP contribution is -2.18. The van der Waals surface area contributed by atoms with Gasteiger partial charge in [-0.15, -0.1) is 28.7 Å². The zero-order chi connectivity index (χ0) is 7.61. The van der Waals surface area contributed by atoms with Crippen molar-refractivity contribution in [3.05, 3.63) is 35.7 Å². The zero-order valence-corrected chi connectivity index (χ0v) is 7.99. The summed E-state index contributed by atoms with van der Waals surface area (Å²) in [5.74, 6) is 0. The second kappa shape index (κ2) is 2.95. The molecule has 0 aromatic heterocycles. The number of hydrogen-bond acceptors (Lipinski definition) is 0. The highest BCUT2D eigenvalue weighted by molar-refractivity contribution is 7.50. The molecule has 0 N–H and O–H groups in total. The van der Waals surface area contributed by atoms with Crippen molar-refractivity contribution < 1.29 is 0 Å². The molecule has 54 valence electrons. The van der Waals surface area contributed by atoms with Gasteiger partial charge in [-0.05, 0) is 11.6 Å². The van der Waals surface area contributed by atoms with E-state index in [2.05, 4.69) is 6.58 Å². The number of rotatable bonds is 2. The molecule has 10 heavy (non-hydrogen) atoms. The lowest BCUT2D eigenvalue weighted by atomic mass is 10.5. The lowest BCUT2D eigenvalue weighted by molar-refractivity contribution is 1.39. The van der Waals surface area contributed by atoms with Crippen LogP contribution in [0.1, 0.15) is 6.42 Å². The molecule has 0 unspecified atom stereocenters. The molecule has 0 atom stereocenters. The van der Waals surface area contributed by atoms with Crippen molar-refractivity contribution in [2.24, 2.45) is 0 Å². The molecule has 0 bridgehead atoms. The van der Waals surface area contributed by atoms with E-state index in [9.17, 15) is 0 Å². The largest absolute Gasteiger partial charge is 0.299 e. The van der Waals surface area contributed by atoms with Crippen LogP contribution in [0.5, 0.6) is 0 Å². The fourth-order valence-corrected chi connectivity index (χ4v) is 2.64. The molecule has 0 aromatic rings. The summed E-state index contributed by atoms with van der Waals surface area (Å²) in [6.07, 6.45) is 6.90. The maximum atomic E-state index is 6.00. The Hall–Kier alpha value is 0.0169. The predicted octanol–water partition coefficient (Wildman–Crippen LogP) is 3.06. The highest BCUT2D eigenvalue weighted by atomic mass is 35.7. The molecule has 1 aliphatic carbocycles. The minimum atomic E-state index is -2.24. The zero-order valence-electron chi connectivity index (χ0n) is 5.48. The van der Waals surface area contributed by atoms with Gasteiger partial charge in [-0.2, -0.15) is 0 Å². The minimum Gasteiger partial charge on any atom is -0.135 e. The smallest absolute Gasteiger partial charge is 0.135 e. The van der Waals surface area contributed by atoms with Crippen molar-refractivity contribution in [2.75, 3.05) is 0 Å². The minimum absolute atomic E-state index is 0.894. The molecule has 0 heterocycles. The fraction of sp³-hybridized carbons (Fsp3) is 0.143. The Balaban J connectivity index is 2.74. The number of halogens is 2. The van der Waals surface area contributed by atoms with Crippen LogP contribution in [-0.2, 0) is 0 Å². The van der Waals surface area contributed by atoms with Crippen molar-refractivity contribution >= 4 is 28.9 Å². The van der Waals surface area contributed by atoms with Gasteiger partial charge in [-0.3, -0.25) is 0 Å². The summed E-state index contributed by atoms with van der Waals surface area (Å²) in [6, 6.07) is 0. The van der Waals surface area contributed by atoms with Gasteiger partial charge in [0.2, 0.25) is 0 Å². The molecule has 0 aliphatic heterocycles. The third-order valence-electron chi connectivity index (χ3n) is 1.46. The highest BCUT2D eigenvalue weighted by Crippen LogP contribution is 2.30. The summed E-state index contributed by atoms with van der Waals surface area (Å²) in [5.41, 5.74) is 1.68. The summed E-state index contributed by atoms with van der Waals surface area (Å²) in [4.78, 5) is 0. The van der Waals surface area contributed by atoms with Gasteiger partial charge in [-0.1, -0.05) is 23.9 Å². The van der Waals surface area contributed by atoms with Gasteiger partial charge >= 0.3 is 0 Å². The second-order valence-electron chi connectivity index (χ2n) is 2.15. The summed E-state index contributed by atoms with van der Waals surface area (Å²) < 4.78 is 0. The van der Waals surface area contributed by atoms with E-state index >= 15 is 0 Å². The van der Waals surface area contributed by atoms with Gasteiger partial charge in [0.1, 0.15) is 0 Å². The molecule has 0 fully saturated rings. The van der Waals surface area contributed by atoms with Gasteiger partial charge in [0.05, 0.1) is 0 Å². The second-order valence-corrected chi connectivity index (χ2v) is 8.61. The van der Waals surface area contributed by atoms with E-state index in [1.807, 2.05) is 18.2 Å². The first kappa shape index (κ1) is 8.12. The third-order valence-corrected chi connectivity index (χ3v) is 5.58. The first-order chi connectivity index (χ1) is 4.67. The standard InChI is InChI=1S/C7H8Cl2Si/c1-2-10(8,9)7-5-3-4-6-7/h2-5H,1,6H2. The molecule has 0 nitrogen and oxygen atoms in total. The van der Waals surface area contributed by atoms with E-state index in [4.69, 9.17) is 22.2 Å². The molecule has 3 heteroatoms. The Bertz CT molecular complexity index is 204. The molecule has 0 radical (unpaired) electrons. The van der Waals surface area contributed by atoms with Crippen LogP contribution in [0.15, 0.2) is 35.7 Å². The summed E-state index contributed by atoms with van der Waals surface area (Å²) in [6.45, 7) is 1.37. The monoisotopic (exact) mass is 190 g/mol. The first-order valence-corrected chi connectivity index (χ1v) is 7.14. The SMILES string of the molecule is C=C[Si](Cl)(Cl)C1=CC=CC1. The summed E-state index contributed by atoms with van der Waals surface area (Å²) in [7, 11) is 0. The number of hydrogen-bond donors (Lipinski definition) is 0. The molecule has 1 aliphatic rings. The Kier molecular flexibility index (Phi) is 2.39. The van der Waals surface area contributed by atoms with Crippen molar-refractivity contribution in [1.82, 2.24) is 0 Å². The van der Waals surface area contributed by atoms with Gasteiger partial charge in [0.25, 0.3) is 6.69 Å². The van der Waals surface area contributed by atoms with Gasteiger partial charge in [0, 0.05) is 0 Å². The predicted molar refractivity (Wildman–Crippen MR) is 49.5 cm³/mol. The molecule has 0 aromatic carbocycles. The van der Waals surface area contributed by atoms with E-state index in [0.29, 0.717) is 0 Å². The number of allylic oxidation sites excluding steroid dienone is 4. The van der Waals surface area contributed by atoms with Crippen molar-refractivity contribution in [1.29, 1.82) is 0 Å². The molecule has 0 saturated carbocycles. The Morgan fingerprint density at radius 1 is 1.60 bits per heavy atom. The maximum Gasteiger partial charge on any atom is 0.299 e. The fourth-order valence-electron chi connectivity index (χ4n) is 0.826. The maximum absolute atomic E-state index is 6.00. The highest BCUT2D eigenvalue weighted by Gasteiger charge is 2.29. The van der Waals surface area contributed by atoms with Crippen LogP contribution in [-0.4, -0.2) is 6.69 Å². The lowest BCUT2D eigenvalue weighted by Gasteiger charge is -2.11. The van der Waals surface area contributed by atoms with E-state index in [1.165, 1.54) is 0 Å². The van der Waals surface area contributed by atoms with E-state index < -0.39 is 6.69 Å². The van der Waals surface area contributed by atoms with E-state index in [-0.39, 0.29) is 0 Å². The van der Waals surface area contributed by atoms with Crippen LogP contribution in [0, 0.1) is 0 Å². The van der Waals surface area contributed by atoms with Crippen LogP contribution in [0.2, 0.25) is 0 Å². The molecular formula is C7H8Cl2Si. The van der Waals surface area contributed by atoms with Crippen LogP contribution >= 0.6 is 22.2 Å². The van der Waals surface area contributed by atoms with E-state index in [0.717, 1.165) is 11.6 Å². The van der Waals surface area contributed by atoms with Crippen molar-refractivity contribution in [2.45, 2.75) is 6.42 Å². The van der Waals surface area contributed by atoms with Gasteiger partial charge in [0.15, 0.2) is 0 Å². The van der Waals surface area contributed by atoms with Gasteiger partial charge < -0.3 is 0 Å². The van der Waals surface area contributed by atoms with Crippen molar-refractivity contribution in [3.8, 4) is 0 Å². The Morgan fingerprint density at radius 3 is 2.70 bits per heavy atom. The van der Waals surface area contributed by atoms with Crippen LogP contribution in [0.3, 0.4) is 0 Å². The quantitative estimate of drug-likeness (QED) is 0.464. The topological polar surface area (TPSA) is 0 Å². The van der Waals surface area contributed by atoms with Crippen molar-refractivity contribution in [3.63, 3.8) is 0 Å². The van der Waals surface area contributed by atoms with Crippen LogP contribution in [0.25, 0.3) is 0 Å². The van der Waals surface area contributed by atoms with Gasteiger partial charge in [-0.25, -0.2) is 0 Å². The van der Waals surface area contributed by atoms with E-state index in [1.54, 1.807) is 5.70 Å². The third kappa shape index (κ3) is 1.54. The normalized spacial score (nSPS) is 17.2. The summed E-state index contributed by atoms with van der Waals surface area (Å²) in [5, 5.41) is 1.13. The first-order valence-electron chi connectivity index (χ1n) is 3.04. The average Bonchev–Trinajstić information content (AvgIpc) is 2.38. The molecule has 0 saturated heterocycles. The Labute approximate surface area is 71.3 Å². The van der Waals surface area contributed by atoms with Crippen LogP contribution in [0.4, 0.5) is 0 Å². The molecule has 0 amide bonds. The van der Waals surface area contributed by atoms with Crippen LogP contribution < -0.4 is 0 Å². The molecular weight excluding hydrogens is 183 g/mol. The molecule has 1 rings (SSSR count). The summed E-state index contributed by atoms with van der Waals surface area (Å²) >= 11 is 12.0.